The number of nitrogens with one attached hydrogen (secondary N) is 2. The van der Waals surface area contributed by atoms with Gasteiger partial charge in [0.2, 0.25) is 0 Å². The lowest BCUT2D eigenvalue weighted by atomic mass is 10.0. The van der Waals surface area contributed by atoms with Crippen molar-refractivity contribution in [2.24, 2.45) is 5.10 Å². The van der Waals surface area contributed by atoms with Gasteiger partial charge in [-0.3, -0.25) is 0 Å². The van der Waals surface area contributed by atoms with Crippen molar-refractivity contribution in [1.82, 2.24) is 10.7 Å². The summed E-state index contributed by atoms with van der Waals surface area (Å²) in [5.41, 5.74) is 10.1. The maximum absolute atomic E-state index is 11.0. The van der Waals surface area contributed by atoms with Crippen molar-refractivity contribution >= 4 is 29.0 Å². The number of nitrogens with zero attached hydrogens (tertiary/aromatic N) is 1. The molecule has 0 bridgehead atoms. The van der Waals surface area contributed by atoms with Gasteiger partial charge in [0.25, 0.3) is 0 Å². The highest BCUT2D eigenvalue weighted by Gasteiger charge is 2.20. The van der Waals surface area contributed by atoms with Crippen LogP contribution in [-0.2, 0) is 0 Å². The minimum absolute atomic E-state index is 0.158. The maximum atomic E-state index is 11.0. The Hall–Kier alpha value is -1.75. The Bertz CT molecular complexity index is 472. The highest BCUT2D eigenvalue weighted by molar-refractivity contribution is 6.33. The number of hydrazone groups is 1. The number of anilines is 1. The predicted molar refractivity (Wildman–Crippen MR) is 63.5 cm³/mol. The Balaban J connectivity index is 2.37. The lowest BCUT2D eigenvalue weighted by molar-refractivity contribution is 0.239. The van der Waals surface area contributed by atoms with Crippen LogP contribution < -0.4 is 16.5 Å². The summed E-state index contributed by atoms with van der Waals surface area (Å²) < 4.78 is 0. The molecule has 0 saturated heterocycles. The molecule has 0 fully saturated rings. The number of halogens is 1. The van der Waals surface area contributed by atoms with Crippen molar-refractivity contribution < 1.29 is 4.79 Å². The fraction of sp³-hybridized carbons (Fsp3) is 0.200. The number of hydrogen-bond acceptors (Lipinski definition) is 3. The van der Waals surface area contributed by atoms with Gasteiger partial charge >= 0.3 is 6.03 Å². The highest BCUT2D eigenvalue weighted by atomic mass is 35.5. The molecule has 0 aromatic heterocycles. The van der Waals surface area contributed by atoms with E-state index in [4.69, 9.17) is 17.3 Å². The van der Waals surface area contributed by atoms with Crippen LogP contribution in [-0.4, -0.2) is 17.8 Å². The molecular formula is C10H11ClN4O. The van der Waals surface area contributed by atoms with Gasteiger partial charge in [0, 0.05) is 5.56 Å². The van der Waals surface area contributed by atoms with Crippen molar-refractivity contribution in [2.45, 2.75) is 13.0 Å². The lowest BCUT2D eigenvalue weighted by Gasteiger charge is -2.21. The van der Waals surface area contributed by atoms with E-state index in [1.54, 1.807) is 12.1 Å². The van der Waals surface area contributed by atoms with Crippen molar-refractivity contribution in [3.63, 3.8) is 0 Å². The summed E-state index contributed by atoms with van der Waals surface area (Å²) in [5.74, 6) is 0. The van der Waals surface area contributed by atoms with E-state index in [0.29, 0.717) is 10.7 Å². The fourth-order valence-corrected chi connectivity index (χ4v) is 1.64. The van der Waals surface area contributed by atoms with Gasteiger partial charge in [0.15, 0.2) is 0 Å². The van der Waals surface area contributed by atoms with Gasteiger partial charge in [-0.1, -0.05) is 17.7 Å². The Morgan fingerprint density at radius 1 is 1.50 bits per heavy atom. The molecule has 2 rings (SSSR count). The van der Waals surface area contributed by atoms with Crippen molar-refractivity contribution in [2.75, 3.05) is 5.73 Å². The molecule has 0 spiro atoms. The Labute approximate surface area is 97.7 Å². The summed E-state index contributed by atoms with van der Waals surface area (Å²) in [4.78, 5) is 11.0. The topological polar surface area (TPSA) is 79.5 Å². The van der Waals surface area contributed by atoms with E-state index < -0.39 is 0 Å². The molecular weight excluding hydrogens is 228 g/mol. The lowest BCUT2D eigenvalue weighted by Crippen LogP contribution is -2.48. The average Bonchev–Trinajstić information content (AvgIpc) is 2.22. The normalized spacial score (nSPS) is 19.8. The molecule has 1 aliphatic rings. The number of urea groups is 1. The van der Waals surface area contributed by atoms with Crippen molar-refractivity contribution in [1.29, 1.82) is 0 Å². The molecule has 0 saturated carbocycles. The molecule has 0 radical (unpaired) electrons. The van der Waals surface area contributed by atoms with Crippen LogP contribution in [0.15, 0.2) is 23.3 Å². The Morgan fingerprint density at radius 2 is 2.25 bits per heavy atom. The molecule has 84 valence electrons. The standard InChI is InChI=1S/C10H11ClN4O/c1-5-9(14-15-10(16)13-5)6-2-3-7(11)8(12)4-6/h2-5H,12H2,1H3,(H2,13,15,16). The predicted octanol–water partition coefficient (Wildman–Crippen LogP) is 1.33. The molecule has 1 aromatic rings. The zero-order chi connectivity index (χ0) is 11.7. The first-order valence-corrected chi connectivity index (χ1v) is 5.15. The minimum Gasteiger partial charge on any atom is -0.398 e. The second-order valence-corrected chi connectivity index (χ2v) is 3.95. The molecule has 1 heterocycles. The average molecular weight is 239 g/mol. The first-order chi connectivity index (χ1) is 7.58. The molecule has 0 aliphatic carbocycles. The SMILES string of the molecule is CC1NC(=O)NN=C1c1ccc(Cl)c(N)c1. The van der Waals surface area contributed by atoms with Gasteiger partial charge in [-0.15, -0.1) is 0 Å². The smallest absolute Gasteiger partial charge is 0.335 e. The highest BCUT2D eigenvalue weighted by Crippen LogP contribution is 2.20. The molecule has 6 heteroatoms. The number of hydrogen-bond donors (Lipinski definition) is 3. The fourth-order valence-electron chi connectivity index (χ4n) is 1.52. The first-order valence-electron chi connectivity index (χ1n) is 4.77. The van der Waals surface area contributed by atoms with Crippen LogP contribution in [0.2, 0.25) is 5.02 Å². The summed E-state index contributed by atoms with van der Waals surface area (Å²) in [6, 6.07) is 4.79. The second kappa shape index (κ2) is 4.02. The van der Waals surface area contributed by atoms with Crippen LogP contribution in [0.25, 0.3) is 0 Å². The number of rotatable bonds is 1. The largest absolute Gasteiger partial charge is 0.398 e. The van der Waals surface area contributed by atoms with Gasteiger partial charge in [-0.2, -0.15) is 5.10 Å². The number of amides is 2. The molecule has 1 aromatic carbocycles. The van der Waals surface area contributed by atoms with Crippen LogP contribution >= 0.6 is 11.6 Å². The number of benzene rings is 1. The van der Waals surface area contributed by atoms with Crippen molar-refractivity contribution in [3.8, 4) is 0 Å². The van der Waals surface area contributed by atoms with E-state index >= 15 is 0 Å². The zero-order valence-corrected chi connectivity index (χ0v) is 9.38. The second-order valence-electron chi connectivity index (χ2n) is 3.54. The third-order valence-electron chi connectivity index (χ3n) is 2.33. The quantitative estimate of drug-likeness (QED) is 0.646. The van der Waals surface area contributed by atoms with E-state index in [1.807, 2.05) is 13.0 Å². The Kier molecular flexibility index (Phi) is 2.70. The van der Waals surface area contributed by atoms with Gasteiger partial charge in [-0.25, -0.2) is 10.2 Å². The molecule has 1 unspecified atom stereocenters. The third kappa shape index (κ3) is 1.94. The minimum atomic E-state index is -0.307. The van der Waals surface area contributed by atoms with Gasteiger partial charge in [-0.05, 0) is 19.1 Å². The number of nitrogens with two attached hydrogens (primary N) is 1. The molecule has 2 amide bonds. The van der Waals surface area contributed by atoms with Crippen LogP contribution in [0.5, 0.6) is 0 Å². The van der Waals surface area contributed by atoms with E-state index in [2.05, 4.69) is 15.8 Å². The summed E-state index contributed by atoms with van der Waals surface area (Å²) in [6.07, 6.45) is 0. The molecule has 1 atom stereocenters. The van der Waals surface area contributed by atoms with Gasteiger partial charge in [0.05, 0.1) is 22.5 Å². The van der Waals surface area contributed by atoms with Crippen LogP contribution in [0.3, 0.4) is 0 Å². The van der Waals surface area contributed by atoms with Crippen LogP contribution in [0, 0.1) is 0 Å². The van der Waals surface area contributed by atoms with E-state index in [9.17, 15) is 4.79 Å². The molecule has 5 nitrogen and oxygen atoms in total. The van der Waals surface area contributed by atoms with Gasteiger partial charge in [0.1, 0.15) is 0 Å². The maximum Gasteiger partial charge on any atom is 0.335 e. The number of carbonyl (C=O) groups excluding carboxylic acids is 1. The summed E-state index contributed by atoms with van der Waals surface area (Å²) >= 11 is 5.83. The number of carbonyl (C=O) groups is 1. The van der Waals surface area contributed by atoms with Gasteiger partial charge < -0.3 is 11.1 Å². The first kappa shape index (κ1) is 10.8. The molecule has 16 heavy (non-hydrogen) atoms. The van der Waals surface area contributed by atoms with Crippen LogP contribution in [0.1, 0.15) is 12.5 Å². The molecule has 1 aliphatic heterocycles. The van der Waals surface area contributed by atoms with E-state index in [1.165, 1.54) is 0 Å². The zero-order valence-electron chi connectivity index (χ0n) is 8.62. The third-order valence-corrected chi connectivity index (χ3v) is 2.67. The number of nitrogen functional groups attached to an aromatic ring is 1. The van der Waals surface area contributed by atoms with Crippen LogP contribution in [0.4, 0.5) is 10.5 Å². The summed E-state index contributed by atoms with van der Waals surface area (Å²) in [7, 11) is 0. The summed E-state index contributed by atoms with van der Waals surface area (Å²) in [6.45, 7) is 1.85. The van der Waals surface area contributed by atoms with Crippen molar-refractivity contribution in [3.05, 3.63) is 28.8 Å². The monoisotopic (exact) mass is 238 g/mol. The van der Waals surface area contributed by atoms with E-state index in [-0.39, 0.29) is 12.1 Å². The Morgan fingerprint density at radius 3 is 2.88 bits per heavy atom. The van der Waals surface area contributed by atoms with E-state index in [0.717, 1.165) is 11.3 Å². The summed E-state index contributed by atoms with van der Waals surface area (Å²) in [5, 5.41) is 7.20. The molecule has 4 N–H and O–H groups in total.